The number of benzene rings is 3. The maximum Gasteiger partial charge on any atom is 0.265 e. The van der Waals surface area contributed by atoms with E-state index >= 15 is 0 Å². The fourth-order valence-electron chi connectivity index (χ4n) is 4.95. The minimum absolute atomic E-state index is 0.0769. The van der Waals surface area contributed by atoms with E-state index in [0.29, 0.717) is 17.9 Å². The summed E-state index contributed by atoms with van der Waals surface area (Å²) in [5.41, 5.74) is 1.27. The van der Waals surface area contributed by atoms with Crippen molar-refractivity contribution in [3.63, 3.8) is 0 Å². The Morgan fingerprint density at radius 3 is 2.04 bits per heavy atom. The lowest BCUT2D eigenvalue weighted by molar-refractivity contribution is -0.141. The first-order valence-corrected chi connectivity index (χ1v) is 16.3. The van der Waals surface area contributed by atoms with Gasteiger partial charge in [0.05, 0.1) is 39.0 Å². The van der Waals surface area contributed by atoms with Crippen molar-refractivity contribution in [3.8, 4) is 23.0 Å². The standard InChI is InChI=1S/C34H45N3O8S/c1-10-27(33(39)35-34(3,4)5)36(21-24-14-12-11-13-23(24)2)32(38)22-37(28-19-25(42-6)15-17-29(28)43-7)46(40,41)26-16-18-30(44-8)31(20-26)45-9/h11-20,27H,10,21-22H2,1-9H3,(H,35,39). The maximum atomic E-state index is 14.5. The van der Waals surface area contributed by atoms with Crippen molar-refractivity contribution in [2.45, 2.75) is 64.1 Å². The van der Waals surface area contributed by atoms with Crippen molar-refractivity contribution in [2.24, 2.45) is 0 Å². The number of carbonyl (C=O) groups excluding carboxylic acids is 2. The molecule has 1 atom stereocenters. The maximum absolute atomic E-state index is 14.5. The lowest BCUT2D eigenvalue weighted by atomic mass is 10.0. The largest absolute Gasteiger partial charge is 0.497 e. The van der Waals surface area contributed by atoms with Crippen molar-refractivity contribution < 1.29 is 37.0 Å². The predicted octanol–water partition coefficient (Wildman–Crippen LogP) is 4.95. The minimum Gasteiger partial charge on any atom is -0.497 e. The fourth-order valence-corrected chi connectivity index (χ4v) is 6.39. The predicted molar refractivity (Wildman–Crippen MR) is 177 cm³/mol. The fraction of sp³-hybridized carbons (Fsp3) is 0.412. The summed E-state index contributed by atoms with van der Waals surface area (Å²) in [7, 11) is 1.26. The van der Waals surface area contributed by atoms with Crippen molar-refractivity contribution in [1.29, 1.82) is 0 Å². The molecule has 0 saturated heterocycles. The molecule has 0 aromatic heterocycles. The Bertz CT molecular complexity index is 1640. The van der Waals surface area contributed by atoms with Crippen molar-refractivity contribution in [1.82, 2.24) is 10.2 Å². The normalized spacial score (nSPS) is 12.1. The lowest BCUT2D eigenvalue weighted by Crippen LogP contribution is -2.55. The Labute approximate surface area is 272 Å². The van der Waals surface area contributed by atoms with Gasteiger partial charge in [-0.15, -0.1) is 0 Å². The molecule has 0 spiro atoms. The van der Waals surface area contributed by atoms with E-state index in [4.69, 9.17) is 18.9 Å². The molecule has 1 unspecified atom stereocenters. The Kier molecular flexibility index (Phi) is 11.9. The van der Waals surface area contributed by atoms with Gasteiger partial charge < -0.3 is 29.2 Å². The Morgan fingerprint density at radius 1 is 0.848 bits per heavy atom. The third-order valence-corrected chi connectivity index (χ3v) is 9.12. The van der Waals surface area contributed by atoms with Gasteiger partial charge in [0, 0.05) is 24.2 Å². The van der Waals surface area contributed by atoms with Gasteiger partial charge >= 0.3 is 0 Å². The SMILES string of the molecule is CCC(C(=O)NC(C)(C)C)N(Cc1ccccc1C)C(=O)CN(c1cc(OC)ccc1OC)S(=O)(=O)c1ccc(OC)c(OC)c1. The monoisotopic (exact) mass is 655 g/mol. The molecule has 0 saturated carbocycles. The molecule has 0 bridgehead atoms. The highest BCUT2D eigenvalue weighted by molar-refractivity contribution is 7.92. The second-order valence-corrected chi connectivity index (χ2v) is 13.5. The number of aryl methyl sites for hydroxylation is 1. The number of hydrogen-bond acceptors (Lipinski definition) is 8. The van der Waals surface area contributed by atoms with Crippen LogP contribution in [-0.2, 0) is 26.2 Å². The van der Waals surface area contributed by atoms with Crippen LogP contribution in [0.25, 0.3) is 0 Å². The zero-order valence-corrected chi connectivity index (χ0v) is 28.9. The first-order valence-electron chi connectivity index (χ1n) is 14.8. The molecule has 0 aliphatic carbocycles. The highest BCUT2D eigenvalue weighted by Crippen LogP contribution is 2.38. The Balaban J connectivity index is 2.22. The van der Waals surface area contributed by atoms with Gasteiger partial charge in [-0.25, -0.2) is 8.42 Å². The quantitative estimate of drug-likeness (QED) is 0.259. The van der Waals surface area contributed by atoms with Crippen LogP contribution in [0.15, 0.2) is 65.6 Å². The third kappa shape index (κ3) is 8.42. The summed E-state index contributed by atoms with van der Waals surface area (Å²) in [5, 5.41) is 2.98. The molecule has 0 aliphatic rings. The summed E-state index contributed by atoms with van der Waals surface area (Å²) in [5.74, 6) is 0.143. The van der Waals surface area contributed by atoms with E-state index in [9.17, 15) is 18.0 Å². The first-order chi connectivity index (χ1) is 21.7. The van der Waals surface area contributed by atoms with E-state index in [1.54, 1.807) is 12.1 Å². The second-order valence-electron chi connectivity index (χ2n) is 11.7. The Morgan fingerprint density at radius 2 is 1.48 bits per heavy atom. The topological polar surface area (TPSA) is 124 Å². The van der Waals surface area contributed by atoms with Gasteiger partial charge in [-0.05, 0) is 69.5 Å². The molecular formula is C34H45N3O8S. The van der Waals surface area contributed by atoms with Gasteiger partial charge in [0.1, 0.15) is 24.1 Å². The van der Waals surface area contributed by atoms with Gasteiger partial charge in [-0.3, -0.25) is 13.9 Å². The molecule has 11 nitrogen and oxygen atoms in total. The van der Waals surface area contributed by atoms with E-state index in [0.717, 1.165) is 15.4 Å². The van der Waals surface area contributed by atoms with Crippen LogP contribution in [-0.4, -0.2) is 71.7 Å². The first kappa shape index (κ1) is 36.0. The molecule has 0 aliphatic heterocycles. The number of anilines is 1. The second kappa shape index (κ2) is 15.2. The molecular weight excluding hydrogens is 610 g/mol. The van der Waals surface area contributed by atoms with E-state index in [1.807, 2.05) is 58.9 Å². The van der Waals surface area contributed by atoms with Gasteiger partial charge in [0.2, 0.25) is 11.8 Å². The zero-order chi connectivity index (χ0) is 34.2. The average molecular weight is 656 g/mol. The van der Waals surface area contributed by atoms with Crippen LogP contribution >= 0.6 is 0 Å². The Hall–Kier alpha value is -4.45. The third-order valence-electron chi connectivity index (χ3n) is 7.36. The molecule has 0 heterocycles. The lowest BCUT2D eigenvalue weighted by Gasteiger charge is -2.35. The van der Waals surface area contributed by atoms with Crippen molar-refractivity contribution >= 4 is 27.5 Å². The van der Waals surface area contributed by atoms with Gasteiger partial charge in [0.15, 0.2) is 11.5 Å². The molecule has 0 radical (unpaired) electrons. The smallest absolute Gasteiger partial charge is 0.265 e. The summed E-state index contributed by atoms with van der Waals surface area (Å²) >= 11 is 0. The number of nitrogens with one attached hydrogen (secondary N) is 1. The molecule has 250 valence electrons. The zero-order valence-electron chi connectivity index (χ0n) is 28.0. The summed E-state index contributed by atoms with van der Waals surface area (Å²) < 4.78 is 51.6. The number of ether oxygens (including phenoxy) is 4. The average Bonchev–Trinajstić information content (AvgIpc) is 3.02. The number of sulfonamides is 1. The van der Waals surface area contributed by atoms with E-state index in [2.05, 4.69) is 5.32 Å². The molecule has 0 fully saturated rings. The minimum atomic E-state index is -4.45. The van der Waals surface area contributed by atoms with Crippen molar-refractivity contribution in [3.05, 3.63) is 71.8 Å². The van der Waals surface area contributed by atoms with E-state index in [-0.39, 0.29) is 34.5 Å². The number of nitrogens with zero attached hydrogens (tertiary/aromatic N) is 2. The van der Waals surface area contributed by atoms with Crippen LogP contribution in [0, 0.1) is 6.92 Å². The van der Waals surface area contributed by atoms with Crippen LogP contribution in [0.3, 0.4) is 0 Å². The van der Waals surface area contributed by atoms with Crippen LogP contribution in [0.5, 0.6) is 23.0 Å². The summed E-state index contributed by atoms with van der Waals surface area (Å²) in [6.45, 7) is 8.75. The van der Waals surface area contributed by atoms with Gasteiger partial charge in [-0.1, -0.05) is 31.2 Å². The molecule has 1 N–H and O–H groups in total. The highest BCUT2D eigenvalue weighted by Gasteiger charge is 2.36. The highest BCUT2D eigenvalue weighted by atomic mass is 32.2. The number of rotatable bonds is 14. The molecule has 2 amide bonds. The van der Waals surface area contributed by atoms with Crippen LogP contribution < -0.4 is 28.6 Å². The van der Waals surface area contributed by atoms with Crippen LogP contribution in [0.2, 0.25) is 0 Å². The number of amides is 2. The molecule has 3 aromatic rings. The number of methoxy groups -OCH3 is 4. The number of carbonyl (C=O) groups is 2. The summed E-state index contributed by atoms with van der Waals surface area (Å²) in [6, 6.07) is 15.5. The summed E-state index contributed by atoms with van der Waals surface area (Å²) in [4.78, 5) is 29.4. The van der Waals surface area contributed by atoms with Gasteiger partial charge in [0.25, 0.3) is 10.0 Å². The molecule has 3 rings (SSSR count). The molecule has 46 heavy (non-hydrogen) atoms. The summed E-state index contributed by atoms with van der Waals surface area (Å²) in [6.07, 6.45) is 0.296. The van der Waals surface area contributed by atoms with Gasteiger partial charge in [-0.2, -0.15) is 0 Å². The van der Waals surface area contributed by atoms with Crippen molar-refractivity contribution in [2.75, 3.05) is 39.3 Å². The molecule has 3 aromatic carbocycles. The van der Waals surface area contributed by atoms with Crippen LogP contribution in [0.1, 0.15) is 45.2 Å². The van der Waals surface area contributed by atoms with E-state index in [1.165, 1.54) is 57.6 Å². The van der Waals surface area contributed by atoms with E-state index < -0.39 is 34.1 Å². The van der Waals surface area contributed by atoms with Crippen LogP contribution in [0.4, 0.5) is 5.69 Å². The molecule has 12 heteroatoms. The number of hydrogen-bond donors (Lipinski definition) is 1.